The second-order valence-corrected chi connectivity index (χ2v) is 6.07. The smallest absolute Gasteiger partial charge is 0.323 e. The zero-order chi connectivity index (χ0) is 15.2. The number of nitrogens with zero attached hydrogens (tertiary/aromatic N) is 1. The van der Waals surface area contributed by atoms with Crippen molar-refractivity contribution in [3.8, 4) is 0 Å². The van der Waals surface area contributed by atoms with Crippen LogP contribution in [0.25, 0.3) is 0 Å². The molecule has 1 aliphatic carbocycles. The van der Waals surface area contributed by atoms with Gasteiger partial charge in [0.15, 0.2) is 0 Å². The van der Waals surface area contributed by atoms with E-state index in [9.17, 15) is 9.90 Å². The van der Waals surface area contributed by atoms with Gasteiger partial charge in [0.2, 0.25) is 0 Å². The van der Waals surface area contributed by atoms with Gasteiger partial charge in [0.05, 0.1) is 12.7 Å². The third-order valence-corrected chi connectivity index (χ3v) is 4.17. The molecule has 1 aliphatic rings. The van der Waals surface area contributed by atoms with Crippen LogP contribution < -0.4 is 5.32 Å². The molecule has 0 amide bonds. The number of likely N-dealkylation sites (N-methyl/N-ethyl adjacent to an activating group) is 2. The Balaban J connectivity index is 2.56. The second kappa shape index (κ2) is 7.96. The maximum absolute atomic E-state index is 11.6. The zero-order valence-corrected chi connectivity index (χ0v) is 13.3. The SMILES string of the molecule is CCNC1(C(=O)O)CCCC(N(C)CCOC(C)C)C1. The highest BCUT2D eigenvalue weighted by Crippen LogP contribution is 2.31. The first kappa shape index (κ1) is 17.4. The molecule has 0 aromatic heterocycles. The van der Waals surface area contributed by atoms with Gasteiger partial charge in [-0.05, 0) is 53.1 Å². The molecule has 0 bridgehead atoms. The van der Waals surface area contributed by atoms with E-state index in [1.54, 1.807) is 0 Å². The molecule has 5 nitrogen and oxygen atoms in total. The molecule has 0 saturated heterocycles. The molecule has 1 fully saturated rings. The highest BCUT2D eigenvalue weighted by molar-refractivity contribution is 5.79. The number of carboxylic acid groups (broad SMARTS) is 1. The normalized spacial score (nSPS) is 27.2. The summed E-state index contributed by atoms with van der Waals surface area (Å²) in [6.07, 6.45) is 3.67. The van der Waals surface area contributed by atoms with Gasteiger partial charge in [-0.3, -0.25) is 4.79 Å². The van der Waals surface area contributed by atoms with Crippen molar-refractivity contribution in [2.45, 2.75) is 64.1 Å². The molecule has 5 heteroatoms. The van der Waals surface area contributed by atoms with E-state index in [2.05, 4.69) is 17.3 Å². The van der Waals surface area contributed by atoms with E-state index in [0.717, 1.165) is 25.8 Å². The minimum Gasteiger partial charge on any atom is -0.480 e. The maximum Gasteiger partial charge on any atom is 0.323 e. The van der Waals surface area contributed by atoms with Crippen molar-refractivity contribution in [2.75, 3.05) is 26.7 Å². The van der Waals surface area contributed by atoms with Gasteiger partial charge in [-0.2, -0.15) is 0 Å². The summed E-state index contributed by atoms with van der Waals surface area (Å²) in [4.78, 5) is 13.9. The van der Waals surface area contributed by atoms with E-state index >= 15 is 0 Å². The van der Waals surface area contributed by atoms with Crippen LogP contribution in [0.1, 0.15) is 46.5 Å². The molecule has 1 rings (SSSR count). The van der Waals surface area contributed by atoms with Crippen molar-refractivity contribution < 1.29 is 14.6 Å². The summed E-state index contributed by atoms with van der Waals surface area (Å²) in [5, 5.41) is 12.8. The number of aliphatic carboxylic acids is 1. The van der Waals surface area contributed by atoms with Crippen molar-refractivity contribution in [3.63, 3.8) is 0 Å². The third-order valence-electron chi connectivity index (χ3n) is 4.17. The van der Waals surface area contributed by atoms with Gasteiger partial charge in [-0.15, -0.1) is 0 Å². The molecule has 0 spiro atoms. The van der Waals surface area contributed by atoms with Gasteiger partial charge >= 0.3 is 5.97 Å². The first-order chi connectivity index (χ1) is 9.41. The highest BCUT2D eigenvalue weighted by Gasteiger charge is 2.43. The first-order valence-electron chi connectivity index (χ1n) is 7.71. The lowest BCUT2D eigenvalue weighted by Crippen LogP contribution is -2.58. The Labute approximate surface area is 122 Å². The topological polar surface area (TPSA) is 61.8 Å². The molecule has 0 aliphatic heterocycles. The number of rotatable bonds is 8. The lowest BCUT2D eigenvalue weighted by atomic mass is 9.78. The number of carbonyl (C=O) groups is 1. The minimum absolute atomic E-state index is 0.245. The Hall–Kier alpha value is -0.650. The predicted molar refractivity (Wildman–Crippen MR) is 80.0 cm³/mol. The van der Waals surface area contributed by atoms with Gasteiger partial charge in [0.1, 0.15) is 5.54 Å². The average Bonchev–Trinajstić information content (AvgIpc) is 2.38. The summed E-state index contributed by atoms with van der Waals surface area (Å²) in [5.74, 6) is -0.712. The van der Waals surface area contributed by atoms with Crippen LogP contribution in [0.5, 0.6) is 0 Å². The summed E-state index contributed by atoms with van der Waals surface area (Å²) in [6.45, 7) is 8.27. The zero-order valence-electron chi connectivity index (χ0n) is 13.3. The number of hydrogen-bond acceptors (Lipinski definition) is 4. The van der Waals surface area contributed by atoms with E-state index in [1.165, 1.54) is 0 Å². The van der Waals surface area contributed by atoms with Crippen molar-refractivity contribution in [2.24, 2.45) is 0 Å². The number of carboxylic acids is 1. The first-order valence-corrected chi connectivity index (χ1v) is 7.71. The molecule has 0 aromatic carbocycles. The van der Waals surface area contributed by atoms with Crippen molar-refractivity contribution in [1.82, 2.24) is 10.2 Å². The van der Waals surface area contributed by atoms with Crippen LogP contribution in [0.3, 0.4) is 0 Å². The summed E-state index contributed by atoms with van der Waals surface area (Å²) in [7, 11) is 2.07. The Kier molecular flexibility index (Phi) is 6.92. The lowest BCUT2D eigenvalue weighted by molar-refractivity contribution is -0.147. The molecule has 2 atom stereocenters. The second-order valence-electron chi connectivity index (χ2n) is 6.07. The molecule has 2 N–H and O–H groups in total. The number of hydrogen-bond donors (Lipinski definition) is 2. The van der Waals surface area contributed by atoms with Crippen LogP contribution in [-0.4, -0.2) is 60.4 Å². The summed E-state index contributed by atoms with van der Waals surface area (Å²) < 4.78 is 5.58. The molecular formula is C15H30N2O3. The standard InChI is InChI=1S/C15H30N2O3/c1-5-16-15(14(18)19)8-6-7-13(11-15)17(4)9-10-20-12(2)3/h12-13,16H,5-11H2,1-4H3,(H,18,19). The van der Waals surface area contributed by atoms with E-state index in [4.69, 9.17) is 4.74 Å². The molecule has 1 saturated carbocycles. The largest absolute Gasteiger partial charge is 0.480 e. The fourth-order valence-electron chi connectivity index (χ4n) is 3.01. The Morgan fingerprint density at radius 3 is 2.80 bits per heavy atom. The van der Waals surface area contributed by atoms with Crippen LogP contribution in [0.2, 0.25) is 0 Å². The number of ether oxygens (including phenoxy) is 1. The Morgan fingerprint density at radius 1 is 1.55 bits per heavy atom. The molecule has 2 unspecified atom stereocenters. The lowest BCUT2D eigenvalue weighted by Gasteiger charge is -2.41. The van der Waals surface area contributed by atoms with Crippen LogP contribution in [-0.2, 0) is 9.53 Å². The monoisotopic (exact) mass is 286 g/mol. The van der Waals surface area contributed by atoms with Crippen molar-refractivity contribution >= 4 is 5.97 Å². The fraction of sp³-hybridized carbons (Fsp3) is 0.933. The van der Waals surface area contributed by atoms with Gasteiger partial charge in [0.25, 0.3) is 0 Å². The maximum atomic E-state index is 11.6. The minimum atomic E-state index is -0.745. The van der Waals surface area contributed by atoms with Crippen molar-refractivity contribution in [1.29, 1.82) is 0 Å². The van der Waals surface area contributed by atoms with Gasteiger partial charge in [-0.25, -0.2) is 0 Å². The van der Waals surface area contributed by atoms with E-state index in [1.807, 2.05) is 20.8 Å². The summed E-state index contributed by atoms with van der Waals surface area (Å²) in [5.41, 5.74) is -0.745. The van der Waals surface area contributed by atoms with Crippen LogP contribution >= 0.6 is 0 Å². The summed E-state index contributed by atoms with van der Waals surface area (Å²) >= 11 is 0. The van der Waals surface area contributed by atoms with Crippen LogP contribution in [0.15, 0.2) is 0 Å². The van der Waals surface area contributed by atoms with Gasteiger partial charge in [0, 0.05) is 12.6 Å². The molecular weight excluding hydrogens is 256 g/mol. The fourth-order valence-corrected chi connectivity index (χ4v) is 3.01. The molecule has 0 heterocycles. The Morgan fingerprint density at radius 2 is 2.25 bits per heavy atom. The average molecular weight is 286 g/mol. The van der Waals surface area contributed by atoms with Crippen molar-refractivity contribution in [3.05, 3.63) is 0 Å². The quantitative estimate of drug-likeness (QED) is 0.711. The number of nitrogens with one attached hydrogen (secondary N) is 1. The highest BCUT2D eigenvalue weighted by atomic mass is 16.5. The van der Waals surface area contributed by atoms with Crippen LogP contribution in [0.4, 0.5) is 0 Å². The third kappa shape index (κ3) is 4.72. The predicted octanol–water partition coefficient (Wildman–Crippen LogP) is 1.72. The van der Waals surface area contributed by atoms with E-state index in [0.29, 0.717) is 25.6 Å². The van der Waals surface area contributed by atoms with Crippen LogP contribution in [0, 0.1) is 0 Å². The molecule has 118 valence electrons. The van der Waals surface area contributed by atoms with Gasteiger partial charge < -0.3 is 20.1 Å². The molecule has 20 heavy (non-hydrogen) atoms. The Bertz CT molecular complexity index is 305. The van der Waals surface area contributed by atoms with E-state index < -0.39 is 11.5 Å². The molecule has 0 radical (unpaired) electrons. The summed E-state index contributed by atoms with van der Waals surface area (Å²) in [6, 6.07) is 0.315. The van der Waals surface area contributed by atoms with Gasteiger partial charge in [-0.1, -0.05) is 6.92 Å². The molecule has 0 aromatic rings. The van der Waals surface area contributed by atoms with E-state index in [-0.39, 0.29) is 6.10 Å².